The lowest BCUT2D eigenvalue weighted by atomic mass is 9.82. The van der Waals surface area contributed by atoms with Crippen molar-refractivity contribution in [1.29, 1.82) is 0 Å². The van der Waals surface area contributed by atoms with Gasteiger partial charge in [-0.3, -0.25) is 8.98 Å². The standard InChI is InChI=1S/C23H29NO7S/c1-14-9-7-8-10-17(14)22(26)30-19-13-16(11-12-18(19)29-15(2)25)20(31-32(6,27)28)21(24)23(3,4)5/h7-13,20-21H,24H2,1-6H3. The van der Waals surface area contributed by atoms with Gasteiger partial charge in [0, 0.05) is 13.0 Å². The number of carbonyl (C=O) groups is 2. The summed E-state index contributed by atoms with van der Waals surface area (Å²) < 4.78 is 39.8. The molecule has 2 atom stereocenters. The minimum absolute atomic E-state index is 0.00520. The van der Waals surface area contributed by atoms with Crippen LogP contribution in [0.15, 0.2) is 42.5 Å². The zero-order valence-corrected chi connectivity index (χ0v) is 19.9. The van der Waals surface area contributed by atoms with Gasteiger partial charge in [0.2, 0.25) is 0 Å². The number of carbonyl (C=O) groups excluding carboxylic acids is 2. The molecule has 2 N–H and O–H groups in total. The van der Waals surface area contributed by atoms with Crippen molar-refractivity contribution in [3.05, 3.63) is 59.2 Å². The number of aryl methyl sites for hydroxylation is 1. The van der Waals surface area contributed by atoms with E-state index in [9.17, 15) is 18.0 Å². The van der Waals surface area contributed by atoms with Crippen molar-refractivity contribution in [2.24, 2.45) is 11.1 Å². The first-order valence-corrected chi connectivity index (χ1v) is 11.7. The Hall–Kier alpha value is -2.75. The van der Waals surface area contributed by atoms with Crippen LogP contribution in [-0.4, -0.2) is 32.7 Å². The summed E-state index contributed by atoms with van der Waals surface area (Å²) in [4.78, 5) is 24.3. The van der Waals surface area contributed by atoms with Crippen LogP contribution in [0.25, 0.3) is 0 Å². The quantitative estimate of drug-likeness (QED) is 0.376. The fourth-order valence-corrected chi connectivity index (χ4v) is 3.55. The van der Waals surface area contributed by atoms with Crippen LogP contribution in [0.1, 0.15) is 55.3 Å². The van der Waals surface area contributed by atoms with Crippen LogP contribution < -0.4 is 15.2 Å². The zero-order valence-electron chi connectivity index (χ0n) is 19.0. The van der Waals surface area contributed by atoms with Crippen LogP contribution in [0.4, 0.5) is 0 Å². The molecule has 2 rings (SSSR count). The number of nitrogens with two attached hydrogens (primary N) is 1. The van der Waals surface area contributed by atoms with E-state index in [0.29, 0.717) is 16.7 Å². The average Bonchev–Trinajstić information content (AvgIpc) is 2.65. The first kappa shape index (κ1) is 25.5. The highest BCUT2D eigenvalue weighted by atomic mass is 32.2. The van der Waals surface area contributed by atoms with Crippen molar-refractivity contribution < 1.29 is 31.7 Å². The van der Waals surface area contributed by atoms with E-state index in [1.54, 1.807) is 31.2 Å². The summed E-state index contributed by atoms with van der Waals surface area (Å²) >= 11 is 0. The van der Waals surface area contributed by atoms with Gasteiger partial charge < -0.3 is 15.2 Å². The van der Waals surface area contributed by atoms with Crippen molar-refractivity contribution in [2.45, 2.75) is 46.8 Å². The van der Waals surface area contributed by atoms with E-state index in [4.69, 9.17) is 19.4 Å². The van der Waals surface area contributed by atoms with E-state index < -0.39 is 39.6 Å². The third-order valence-electron chi connectivity index (χ3n) is 4.72. The molecular formula is C23H29NO7S. The molecule has 0 saturated carbocycles. The SMILES string of the molecule is CC(=O)Oc1ccc(C(OS(C)(=O)=O)C(N)C(C)(C)C)cc1OC(=O)c1ccccc1C. The summed E-state index contributed by atoms with van der Waals surface area (Å²) in [5, 5.41) is 0. The molecule has 0 radical (unpaired) electrons. The monoisotopic (exact) mass is 463 g/mol. The van der Waals surface area contributed by atoms with E-state index in [-0.39, 0.29) is 11.5 Å². The maximum atomic E-state index is 12.8. The maximum absolute atomic E-state index is 12.8. The molecular weight excluding hydrogens is 434 g/mol. The van der Waals surface area contributed by atoms with Gasteiger partial charge >= 0.3 is 11.9 Å². The Morgan fingerprint density at radius 1 is 1.00 bits per heavy atom. The van der Waals surface area contributed by atoms with Gasteiger partial charge in [0.05, 0.1) is 11.8 Å². The number of hydrogen-bond donors (Lipinski definition) is 1. The predicted octanol–water partition coefficient (Wildman–Crippen LogP) is 3.53. The lowest BCUT2D eigenvalue weighted by molar-refractivity contribution is -0.132. The van der Waals surface area contributed by atoms with Crippen molar-refractivity contribution in [3.63, 3.8) is 0 Å². The second-order valence-corrected chi connectivity index (χ2v) is 10.2. The highest BCUT2D eigenvalue weighted by Crippen LogP contribution is 2.37. The third kappa shape index (κ3) is 6.88. The minimum atomic E-state index is -3.86. The number of hydrogen-bond acceptors (Lipinski definition) is 8. The van der Waals surface area contributed by atoms with E-state index in [1.165, 1.54) is 25.1 Å². The zero-order chi connectivity index (χ0) is 24.3. The molecule has 0 bridgehead atoms. The Morgan fingerprint density at radius 2 is 1.62 bits per heavy atom. The molecule has 174 valence electrons. The predicted molar refractivity (Wildman–Crippen MR) is 120 cm³/mol. The van der Waals surface area contributed by atoms with E-state index >= 15 is 0 Å². The Morgan fingerprint density at radius 3 is 2.16 bits per heavy atom. The molecule has 0 aromatic heterocycles. The lowest BCUT2D eigenvalue weighted by Crippen LogP contribution is -2.42. The molecule has 2 unspecified atom stereocenters. The van der Waals surface area contributed by atoms with E-state index in [2.05, 4.69) is 0 Å². The molecule has 0 fully saturated rings. The fourth-order valence-electron chi connectivity index (χ4n) is 2.94. The maximum Gasteiger partial charge on any atom is 0.343 e. The molecule has 0 saturated heterocycles. The highest BCUT2D eigenvalue weighted by Gasteiger charge is 2.34. The van der Waals surface area contributed by atoms with Crippen LogP contribution in [0, 0.1) is 12.3 Å². The van der Waals surface area contributed by atoms with Gasteiger partial charge in [-0.2, -0.15) is 8.42 Å². The number of esters is 2. The molecule has 2 aromatic rings. The van der Waals surface area contributed by atoms with Crippen LogP contribution in [-0.2, 0) is 19.1 Å². The summed E-state index contributed by atoms with van der Waals surface area (Å²) in [5.41, 5.74) is 7.21. The molecule has 32 heavy (non-hydrogen) atoms. The number of rotatable bonds is 7. The van der Waals surface area contributed by atoms with Crippen LogP contribution in [0.5, 0.6) is 11.5 Å². The first-order valence-electron chi connectivity index (χ1n) is 9.93. The Bertz CT molecular complexity index is 1100. The van der Waals surface area contributed by atoms with Gasteiger partial charge in [-0.25, -0.2) is 4.79 Å². The summed E-state index contributed by atoms with van der Waals surface area (Å²) in [6.07, 6.45) is -0.130. The lowest BCUT2D eigenvalue weighted by Gasteiger charge is -2.33. The second kappa shape index (κ2) is 9.81. The van der Waals surface area contributed by atoms with Gasteiger partial charge in [0.1, 0.15) is 6.10 Å². The second-order valence-electron chi connectivity index (χ2n) is 8.62. The van der Waals surface area contributed by atoms with Crippen LogP contribution in [0.3, 0.4) is 0 Å². The number of benzene rings is 2. The van der Waals surface area contributed by atoms with E-state index in [0.717, 1.165) is 6.26 Å². The Kier molecular flexibility index (Phi) is 7.82. The molecule has 0 aliphatic heterocycles. The number of ether oxygens (including phenoxy) is 2. The fraction of sp³-hybridized carbons (Fsp3) is 0.391. The van der Waals surface area contributed by atoms with Crippen molar-refractivity contribution in [3.8, 4) is 11.5 Å². The molecule has 0 heterocycles. The van der Waals surface area contributed by atoms with Crippen molar-refractivity contribution >= 4 is 22.1 Å². The van der Waals surface area contributed by atoms with Gasteiger partial charge in [0.25, 0.3) is 10.1 Å². The van der Waals surface area contributed by atoms with Gasteiger partial charge in [-0.1, -0.05) is 45.0 Å². The van der Waals surface area contributed by atoms with Crippen molar-refractivity contribution in [1.82, 2.24) is 0 Å². The minimum Gasteiger partial charge on any atom is -0.423 e. The third-order valence-corrected chi connectivity index (χ3v) is 5.28. The smallest absolute Gasteiger partial charge is 0.343 e. The Labute approximate surface area is 188 Å². The summed E-state index contributed by atoms with van der Waals surface area (Å²) in [7, 11) is -3.86. The molecule has 9 heteroatoms. The molecule has 8 nitrogen and oxygen atoms in total. The molecule has 0 aliphatic rings. The molecule has 0 aliphatic carbocycles. The van der Waals surface area contributed by atoms with Crippen LogP contribution in [0.2, 0.25) is 0 Å². The Balaban J connectivity index is 2.55. The summed E-state index contributed by atoms with van der Waals surface area (Å²) in [6.45, 7) is 8.53. The molecule has 0 amide bonds. The van der Waals surface area contributed by atoms with Crippen molar-refractivity contribution in [2.75, 3.05) is 6.26 Å². The van der Waals surface area contributed by atoms with Gasteiger partial charge in [-0.15, -0.1) is 0 Å². The first-order chi connectivity index (χ1) is 14.7. The van der Waals surface area contributed by atoms with E-state index in [1.807, 2.05) is 20.8 Å². The topological polar surface area (TPSA) is 122 Å². The molecule has 0 spiro atoms. The van der Waals surface area contributed by atoms with Gasteiger partial charge in [0.15, 0.2) is 11.5 Å². The average molecular weight is 464 g/mol. The van der Waals surface area contributed by atoms with Crippen LogP contribution >= 0.6 is 0 Å². The summed E-state index contributed by atoms with van der Waals surface area (Å²) in [6, 6.07) is 10.5. The van der Waals surface area contributed by atoms with Gasteiger partial charge in [-0.05, 0) is 41.7 Å². The largest absolute Gasteiger partial charge is 0.423 e. The molecule has 2 aromatic carbocycles. The normalized spacial score (nSPS) is 13.8. The summed E-state index contributed by atoms with van der Waals surface area (Å²) in [5.74, 6) is -1.32. The highest BCUT2D eigenvalue weighted by molar-refractivity contribution is 7.86.